The molecule has 4 heteroatoms. The summed E-state index contributed by atoms with van der Waals surface area (Å²) in [6, 6.07) is 9.76. The molecule has 1 aromatic rings. The summed E-state index contributed by atoms with van der Waals surface area (Å²) >= 11 is 0. The Morgan fingerprint density at radius 1 is 1.24 bits per heavy atom. The van der Waals surface area contributed by atoms with Crippen LogP contribution >= 0.6 is 0 Å². The van der Waals surface area contributed by atoms with Crippen LogP contribution in [0.3, 0.4) is 0 Å². The monoisotopic (exact) mass is 282 g/mol. The van der Waals surface area contributed by atoms with E-state index >= 15 is 0 Å². The maximum absolute atomic E-state index is 12.2. The maximum atomic E-state index is 12.2. The number of fused-ring (bicyclic) bond motifs is 1. The minimum atomic E-state index is -0.116. The second-order valence-electron chi connectivity index (χ2n) is 5.63. The number of benzene rings is 1. The second-order valence-corrected chi connectivity index (χ2v) is 5.63. The van der Waals surface area contributed by atoms with Gasteiger partial charge in [0.05, 0.1) is 0 Å². The third-order valence-electron chi connectivity index (χ3n) is 4.20. The number of piperidine rings is 2. The van der Waals surface area contributed by atoms with Crippen LogP contribution in [0.5, 0.6) is 0 Å². The van der Waals surface area contributed by atoms with Gasteiger partial charge in [-0.05, 0) is 30.9 Å². The number of nitrogens with one attached hydrogen (secondary N) is 1. The van der Waals surface area contributed by atoms with Crippen molar-refractivity contribution in [2.45, 2.75) is 25.3 Å². The summed E-state index contributed by atoms with van der Waals surface area (Å²) in [6.07, 6.45) is 2.26. The molecule has 0 aliphatic carbocycles. The molecule has 21 heavy (non-hydrogen) atoms. The Morgan fingerprint density at radius 3 is 2.86 bits per heavy atom. The first-order chi connectivity index (χ1) is 10.2. The molecule has 2 heterocycles. The number of hydrogen-bond acceptors (Lipinski definition) is 2. The van der Waals surface area contributed by atoms with Crippen LogP contribution in [0.15, 0.2) is 30.3 Å². The van der Waals surface area contributed by atoms with Crippen LogP contribution in [-0.2, 0) is 9.59 Å². The van der Waals surface area contributed by atoms with Gasteiger partial charge in [0.15, 0.2) is 0 Å². The van der Waals surface area contributed by atoms with Crippen molar-refractivity contribution in [2.24, 2.45) is 5.92 Å². The van der Waals surface area contributed by atoms with E-state index in [0.29, 0.717) is 25.4 Å². The minimum Gasteiger partial charge on any atom is -0.353 e. The van der Waals surface area contributed by atoms with E-state index in [0.717, 1.165) is 18.4 Å². The first kappa shape index (κ1) is 13.7. The number of amides is 2. The van der Waals surface area contributed by atoms with Gasteiger partial charge in [0.1, 0.15) is 0 Å². The van der Waals surface area contributed by atoms with Crippen LogP contribution in [0, 0.1) is 17.8 Å². The lowest BCUT2D eigenvalue weighted by Gasteiger charge is -2.40. The summed E-state index contributed by atoms with van der Waals surface area (Å²) in [4.78, 5) is 25.4. The summed E-state index contributed by atoms with van der Waals surface area (Å²) in [5, 5.41) is 3.02. The number of hydrogen-bond donors (Lipinski definition) is 1. The second kappa shape index (κ2) is 6.01. The standard InChI is InChI=1S/C17H18N2O2/c20-16-8-7-14-12-19(11-10-15(14)18-16)17(21)9-6-13-4-2-1-3-5-13/h1-5,14-15H,7-8,10-12H2,(H,18,20). The van der Waals surface area contributed by atoms with Crippen molar-refractivity contribution in [3.8, 4) is 11.8 Å². The van der Waals surface area contributed by atoms with Gasteiger partial charge in [0, 0.05) is 37.0 Å². The average Bonchev–Trinajstić information content (AvgIpc) is 2.53. The van der Waals surface area contributed by atoms with Crippen LogP contribution in [-0.4, -0.2) is 35.8 Å². The van der Waals surface area contributed by atoms with E-state index in [-0.39, 0.29) is 17.9 Å². The number of rotatable bonds is 0. The van der Waals surface area contributed by atoms with Gasteiger partial charge in [-0.25, -0.2) is 0 Å². The molecule has 4 nitrogen and oxygen atoms in total. The molecule has 2 aliphatic heterocycles. The molecular weight excluding hydrogens is 264 g/mol. The van der Waals surface area contributed by atoms with Gasteiger partial charge in [-0.1, -0.05) is 24.1 Å². The number of carbonyl (C=O) groups is 2. The highest BCUT2D eigenvalue weighted by Gasteiger charge is 2.34. The SMILES string of the molecule is O=C1CCC2CN(C(=O)C#Cc3ccccc3)CCC2N1. The Kier molecular flexibility index (Phi) is 3.92. The molecule has 0 aromatic heterocycles. The molecule has 0 bridgehead atoms. The molecule has 0 saturated carbocycles. The topological polar surface area (TPSA) is 49.4 Å². The minimum absolute atomic E-state index is 0.116. The lowest BCUT2D eigenvalue weighted by molar-refractivity contribution is -0.129. The molecule has 0 radical (unpaired) electrons. The molecule has 108 valence electrons. The number of carbonyl (C=O) groups excluding carboxylic acids is 2. The highest BCUT2D eigenvalue weighted by molar-refractivity contribution is 5.94. The molecule has 1 aromatic carbocycles. The van der Waals surface area contributed by atoms with Gasteiger partial charge in [-0.2, -0.15) is 0 Å². The first-order valence-electron chi connectivity index (χ1n) is 7.38. The van der Waals surface area contributed by atoms with Gasteiger partial charge < -0.3 is 10.2 Å². The molecule has 1 N–H and O–H groups in total. The average molecular weight is 282 g/mol. The molecule has 2 aliphatic rings. The predicted octanol–water partition coefficient (Wildman–Crippen LogP) is 1.17. The fourth-order valence-electron chi connectivity index (χ4n) is 3.02. The van der Waals surface area contributed by atoms with Crippen LogP contribution in [0.2, 0.25) is 0 Å². The van der Waals surface area contributed by atoms with Crippen molar-refractivity contribution in [1.29, 1.82) is 0 Å². The van der Waals surface area contributed by atoms with Gasteiger partial charge in [-0.15, -0.1) is 0 Å². The third-order valence-corrected chi connectivity index (χ3v) is 4.20. The van der Waals surface area contributed by atoms with E-state index in [1.165, 1.54) is 0 Å². The highest BCUT2D eigenvalue weighted by atomic mass is 16.2. The Bertz CT molecular complexity index is 600. The lowest BCUT2D eigenvalue weighted by atomic mass is 9.85. The Hall–Kier alpha value is -2.28. The van der Waals surface area contributed by atoms with Crippen LogP contribution in [0.1, 0.15) is 24.8 Å². The van der Waals surface area contributed by atoms with Gasteiger partial charge in [0.2, 0.25) is 5.91 Å². The Morgan fingerprint density at radius 2 is 2.05 bits per heavy atom. The van der Waals surface area contributed by atoms with Gasteiger partial charge >= 0.3 is 0 Å². The molecular formula is C17H18N2O2. The molecule has 2 unspecified atom stereocenters. The molecule has 3 rings (SSSR count). The van der Waals surface area contributed by atoms with E-state index < -0.39 is 0 Å². The molecule has 2 fully saturated rings. The quantitative estimate of drug-likeness (QED) is 0.726. The van der Waals surface area contributed by atoms with Crippen LogP contribution < -0.4 is 5.32 Å². The zero-order valence-electron chi connectivity index (χ0n) is 11.8. The summed E-state index contributed by atoms with van der Waals surface area (Å²) in [7, 11) is 0. The zero-order valence-corrected chi connectivity index (χ0v) is 11.8. The summed E-state index contributed by atoms with van der Waals surface area (Å²) in [5.74, 6) is 6.03. The van der Waals surface area contributed by atoms with Gasteiger partial charge in [-0.3, -0.25) is 9.59 Å². The fraction of sp³-hybridized carbons (Fsp3) is 0.412. The van der Waals surface area contributed by atoms with Crippen LogP contribution in [0.4, 0.5) is 0 Å². The number of likely N-dealkylation sites (tertiary alicyclic amines) is 1. The zero-order chi connectivity index (χ0) is 14.7. The first-order valence-corrected chi connectivity index (χ1v) is 7.38. The molecule has 2 saturated heterocycles. The van der Waals surface area contributed by atoms with Crippen molar-refractivity contribution in [3.05, 3.63) is 35.9 Å². The van der Waals surface area contributed by atoms with E-state index in [9.17, 15) is 9.59 Å². The summed E-state index contributed by atoms with van der Waals surface area (Å²) in [5.41, 5.74) is 0.852. The summed E-state index contributed by atoms with van der Waals surface area (Å²) < 4.78 is 0. The highest BCUT2D eigenvalue weighted by Crippen LogP contribution is 2.25. The van der Waals surface area contributed by atoms with Crippen molar-refractivity contribution in [1.82, 2.24) is 10.2 Å². The molecule has 0 spiro atoms. The predicted molar refractivity (Wildman–Crippen MR) is 79.2 cm³/mol. The normalized spacial score (nSPS) is 24.4. The van der Waals surface area contributed by atoms with E-state index in [1.807, 2.05) is 35.2 Å². The number of nitrogens with zero attached hydrogens (tertiary/aromatic N) is 1. The Labute approximate surface area is 124 Å². The van der Waals surface area contributed by atoms with E-state index in [2.05, 4.69) is 17.2 Å². The molecule has 2 amide bonds. The largest absolute Gasteiger partial charge is 0.353 e. The van der Waals surface area contributed by atoms with Crippen molar-refractivity contribution >= 4 is 11.8 Å². The maximum Gasteiger partial charge on any atom is 0.298 e. The summed E-state index contributed by atoms with van der Waals surface area (Å²) in [6.45, 7) is 1.37. The van der Waals surface area contributed by atoms with Crippen molar-refractivity contribution in [3.63, 3.8) is 0 Å². The Balaban J connectivity index is 1.62. The smallest absolute Gasteiger partial charge is 0.298 e. The van der Waals surface area contributed by atoms with Crippen molar-refractivity contribution in [2.75, 3.05) is 13.1 Å². The van der Waals surface area contributed by atoms with E-state index in [4.69, 9.17) is 0 Å². The third kappa shape index (κ3) is 3.25. The van der Waals surface area contributed by atoms with Crippen LogP contribution in [0.25, 0.3) is 0 Å². The fourth-order valence-corrected chi connectivity index (χ4v) is 3.02. The lowest BCUT2D eigenvalue weighted by Crippen LogP contribution is -2.54. The van der Waals surface area contributed by atoms with Gasteiger partial charge in [0.25, 0.3) is 5.91 Å². The van der Waals surface area contributed by atoms with E-state index in [1.54, 1.807) is 0 Å². The van der Waals surface area contributed by atoms with Crippen molar-refractivity contribution < 1.29 is 9.59 Å². The molecule has 2 atom stereocenters.